The Morgan fingerprint density at radius 3 is 2.25 bits per heavy atom. The fourth-order valence-corrected chi connectivity index (χ4v) is 5.60. The standard InChI is InChI=1S/C31H39N3O5S/c1-5-32-31(36)28(22-25-15-7-6-8-16-25)33(23-26-17-10-9-14-24(26)2)30(35)20-13-21-34(40(4,37)38)27-18-11-12-19-29(27)39-3/h6-12,14-19,28H,5,13,20-23H2,1-4H3,(H,32,36)/t28-/m0/s1. The number of amides is 2. The number of hydrogen-bond acceptors (Lipinski definition) is 5. The van der Waals surface area contributed by atoms with Gasteiger partial charge in [0.05, 0.1) is 19.1 Å². The summed E-state index contributed by atoms with van der Waals surface area (Å²) in [6.07, 6.45) is 1.83. The Balaban J connectivity index is 1.88. The van der Waals surface area contributed by atoms with Crippen LogP contribution in [0.1, 0.15) is 36.5 Å². The number of rotatable bonds is 14. The van der Waals surface area contributed by atoms with Crippen molar-refractivity contribution in [3.05, 3.63) is 95.6 Å². The van der Waals surface area contributed by atoms with Crippen molar-refractivity contribution in [1.82, 2.24) is 10.2 Å². The molecule has 1 N–H and O–H groups in total. The summed E-state index contributed by atoms with van der Waals surface area (Å²) in [7, 11) is -2.15. The minimum atomic E-state index is -3.64. The Morgan fingerprint density at radius 1 is 0.950 bits per heavy atom. The number of aryl methyl sites for hydroxylation is 1. The van der Waals surface area contributed by atoms with Crippen molar-refractivity contribution in [3.8, 4) is 5.75 Å². The van der Waals surface area contributed by atoms with Crippen LogP contribution in [0.5, 0.6) is 5.75 Å². The molecule has 0 spiro atoms. The molecule has 0 radical (unpaired) electrons. The van der Waals surface area contributed by atoms with Gasteiger partial charge in [-0.3, -0.25) is 13.9 Å². The van der Waals surface area contributed by atoms with Crippen molar-refractivity contribution in [1.29, 1.82) is 0 Å². The van der Waals surface area contributed by atoms with Gasteiger partial charge < -0.3 is 15.0 Å². The summed E-state index contributed by atoms with van der Waals surface area (Å²) in [5.41, 5.74) is 3.33. The van der Waals surface area contributed by atoms with E-state index in [9.17, 15) is 18.0 Å². The van der Waals surface area contributed by atoms with Gasteiger partial charge >= 0.3 is 0 Å². The van der Waals surface area contributed by atoms with Crippen LogP contribution in [0.3, 0.4) is 0 Å². The van der Waals surface area contributed by atoms with Gasteiger partial charge in [-0.1, -0.05) is 66.7 Å². The maximum Gasteiger partial charge on any atom is 0.243 e. The molecule has 0 aliphatic carbocycles. The Bertz CT molecular complexity index is 1380. The third-order valence-corrected chi connectivity index (χ3v) is 7.91. The Labute approximate surface area is 238 Å². The van der Waals surface area contributed by atoms with E-state index in [0.29, 0.717) is 24.4 Å². The normalized spacial score (nSPS) is 11.9. The zero-order chi connectivity index (χ0) is 29.1. The van der Waals surface area contributed by atoms with E-state index in [1.807, 2.05) is 68.4 Å². The summed E-state index contributed by atoms with van der Waals surface area (Å²) in [4.78, 5) is 28.8. The molecule has 8 nitrogen and oxygen atoms in total. The van der Waals surface area contributed by atoms with Crippen LogP contribution in [-0.2, 0) is 32.6 Å². The lowest BCUT2D eigenvalue weighted by atomic mass is 10.0. The molecule has 3 aromatic rings. The lowest BCUT2D eigenvalue weighted by molar-refractivity contribution is -0.141. The number of sulfonamides is 1. The van der Waals surface area contributed by atoms with Crippen LogP contribution in [-0.4, -0.2) is 57.6 Å². The first-order chi connectivity index (χ1) is 19.2. The van der Waals surface area contributed by atoms with Crippen LogP contribution >= 0.6 is 0 Å². The van der Waals surface area contributed by atoms with Crippen LogP contribution in [0.4, 0.5) is 5.69 Å². The molecule has 3 rings (SSSR count). The summed E-state index contributed by atoms with van der Waals surface area (Å²) in [5, 5.41) is 2.90. The molecule has 0 heterocycles. The molecule has 2 amide bonds. The van der Waals surface area contributed by atoms with Gasteiger partial charge in [-0.15, -0.1) is 0 Å². The first-order valence-electron chi connectivity index (χ1n) is 13.4. The molecule has 0 fully saturated rings. The highest BCUT2D eigenvalue weighted by molar-refractivity contribution is 7.92. The molecule has 9 heteroatoms. The van der Waals surface area contributed by atoms with E-state index in [0.717, 1.165) is 22.9 Å². The predicted octanol–water partition coefficient (Wildman–Crippen LogP) is 4.33. The molecule has 0 aliphatic rings. The third kappa shape index (κ3) is 8.32. The monoisotopic (exact) mass is 565 g/mol. The first-order valence-corrected chi connectivity index (χ1v) is 15.3. The van der Waals surface area contributed by atoms with Crippen molar-refractivity contribution in [2.75, 3.05) is 30.8 Å². The van der Waals surface area contributed by atoms with E-state index >= 15 is 0 Å². The molecule has 214 valence electrons. The smallest absolute Gasteiger partial charge is 0.243 e. The molecule has 0 unspecified atom stereocenters. The SMILES string of the molecule is CCNC(=O)[C@H](Cc1ccccc1)N(Cc1ccccc1C)C(=O)CCCN(c1ccccc1OC)S(C)(=O)=O. The molecule has 3 aromatic carbocycles. The van der Waals surface area contributed by atoms with Crippen molar-refractivity contribution in [2.45, 2.75) is 45.7 Å². The highest BCUT2D eigenvalue weighted by Gasteiger charge is 2.30. The number of likely N-dealkylation sites (N-methyl/N-ethyl adjacent to an activating group) is 1. The number of nitrogens with one attached hydrogen (secondary N) is 1. The summed E-state index contributed by atoms with van der Waals surface area (Å²) in [6, 6.07) is 23.6. The van der Waals surface area contributed by atoms with Crippen LogP contribution in [0, 0.1) is 6.92 Å². The van der Waals surface area contributed by atoms with Gasteiger partial charge in [0.15, 0.2) is 0 Å². The lowest BCUT2D eigenvalue weighted by Crippen LogP contribution is -2.50. The van der Waals surface area contributed by atoms with Crippen molar-refractivity contribution in [2.24, 2.45) is 0 Å². The molecule has 1 atom stereocenters. The Kier molecular flexibility index (Phi) is 11.1. The Morgan fingerprint density at radius 2 is 1.60 bits per heavy atom. The van der Waals surface area contributed by atoms with Gasteiger partial charge in [0.2, 0.25) is 21.8 Å². The third-order valence-electron chi connectivity index (χ3n) is 6.73. The van der Waals surface area contributed by atoms with Gasteiger partial charge in [0.25, 0.3) is 0 Å². The number of benzene rings is 3. The summed E-state index contributed by atoms with van der Waals surface area (Å²) < 4.78 is 32.0. The van der Waals surface area contributed by atoms with Crippen LogP contribution in [0.2, 0.25) is 0 Å². The van der Waals surface area contributed by atoms with Crippen LogP contribution < -0.4 is 14.4 Å². The number of hydrogen-bond donors (Lipinski definition) is 1. The number of carbonyl (C=O) groups excluding carboxylic acids is 2. The molecule has 40 heavy (non-hydrogen) atoms. The number of carbonyl (C=O) groups is 2. The van der Waals surface area contributed by atoms with Crippen molar-refractivity contribution < 1.29 is 22.7 Å². The Hall–Kier alpha value is -3.85. The number of anilines is 1. The maximum atomic E-state index is 13.8. The molecular weight excluding hydrogens is 526 g/mol. The van der Waals surface area contributed by atoms with E-state index in [4.69, 9.17) is 4.74 Å². The predicted molar refractivity (Wildman–Crippen MR) is 159 cm³/mol. The zero-order valence-electron chi connectivity index (χ0n) is 23.7. The van der Waals surface area contributed by atoms with Gasteiger partial charge in [0, 0.05) is 32.5 Å². The summed E-state index contributed by atoms with van der Waals surface area (Å²) in [6.45, 7) is 4.63. The van der Waals surface area contributed by atoms with Gasteiger partial charge in [-0.25, -0.2) is 8.42 Å². The van der Waals surface area contributed by atoms with Gasteiger partial charge in [0.1, 0.15) is 11.8 Å². The topological polar surface area (TPSA) is 96.0 Å². The van der Waals surface area contributed by atoms with E-state index in [1.165, 1.54) is 11.4 Å². The number of methoxy groups -OCH3 is 1. The van der Waals surface area contributed by atoms with Crippen molar-refractivity contribution >= 4 is 27.5 Å². The van der Waals surface area contributed by atoms with Crippen molar-refractivity contribution in [3.63, 3.8) is 0 Å². The molecule has 0 aromatic heterocycles. The largest absolute Gasteiger partial charge is 0.495 e. The van der Waals surface area contributed by atoms with Gasteiger partial charge in [-0.2, -0.15) is 0 Å². The first kappa shape index (κ1) is 30.7. The number of nitrogens with zero attached hydrogens (tertiary/aromatic N) is 2. The molecular formula is C31H39N3O5S. The zero-order valence-corrected chi connectivity index (χ0v) is 24.5. The highest BCUT2D eigenvalue weighted by atomic mass is 32.2. The minimum Gasteiger partial charge on any atom is -0.495 e. The average Bonchev–Trinajstić information content (AvgIpc) is 2.94. The summed E-state index contributed by atoms with van der Waals surface area (Å²) in [5.74, 6) is -0.0106. The van der Waals surface area contributed by atoms with E-state index in [1.54, 1.807) is 29.2 Å². The molecule has 0 aliphatic heterocycles. The second kappa shape index (κ2) is 14.5. The van der Waals surface area contributed by atoms with E-state index in [2.05, 4.69) is 5.32 Å². The van der Waals surface area contributed by atoms with E-state index in [-0.39, 0.29) is 37.7 Å². The number of ether oxygens (including phenoxy) is 1. The second-order valence-corrected chi connectivity index (χ2v) is 11.6. The van der Waals surface area contributed by atoms with Crippen LogP contribution in [0.25, 0.3) is 0 Å². The fraction of sp³-hybridized carbons (Fsp3) is 0.355. The molecule has 0 saturated carbocycles. The minimum absolute atomic E-state index is 0.0672. The fourth-order valence-electron chi connectivity index (χ4n) is 4.64. The highest BCUT2D eigenvalue weighted by Crippen LogP contribution is 2.30. The number of para-hydroxylation sites is 2. The van der Waals surface area contributed by atoms with Crippen LogP contribution in [0.15, 0.2) is 78.9 Å². The average molecular weight is 566 g/mol. The molecule has 0 bridgehead atoms. The molecule has 0 saturated heterocycles. The lowest BCUT2D eigenvalue weighted by Gasteiger charge is -2.32. The van der Waals surface area contributed by atoms with Gasteiger partial charge in [-0.05, 0) is 49.1 Å². The second-order valence-electron chi connectivity index (χ2n) is 9.66. The quantitative estimate of drug-likeness (QED) is 0.314. The summed E-state index contributed by atoms with van der Waals surface area (Å²) >= 11 is 0. The van der Waals surface area contributed by atoms with E-state index < -0.39 is 16.1 Å². The maximum absolute atomic E-state index is 13.8.